The van der Waals surface area contributed by atoms with Crippen LogP contribution in [0.15, 0.2) is 54.6 Å². The lowest BCUT2D eigenvalue weighted by Crippen LogP contribution is -2.41. The first kappa shape index (κ1) is 19.2. The van der Waals surface area contributed by atoms with Gasteiger partial charge in [0.05, 0.1) is 12.8 Å². The summed E-state index contributed by atoms with van der Waals surface area (Å²) in [6.07, 6.45) is 1.41. The number of rotatable bonds is 6. The maximum Gasteiger partial charge on any atom is 0.246 e. The maximum atomic E-state index is 13.6. The molecule has 5 nitrogen and oxygen atoms in total. The number of methoxy groups -OCH3 is 1. The lowest BCUT2D eigenvalue weighted by Gasteiger charge is -2.14. The highest BCUT2D eigenvalue weighted by molar-refractivity contribution is 6.00. The Morgan fingerprint density at radius 2 is 1.77 bits per heavy atom. The van der Waals surface area contributed by atoms with Crippen molar-refractivity contribution < 1.29 is 18.7 Å². The number of carbonyl (C=O) groups excluding carboxylic acids is 2. The van der Waals surface area contributed by atoms with Gasteiger partial charge in [-0.3, -0.25) is 9.59 Å². The van der Waals surface area contributed by atoms with Gasteiger partial charge in [-0.25, -0.2) is 4.39 Å². The molecule has 2 N–H and O–H groups in total. The van der Waals surface area contributed by atoms with Gasteiger partial charge in [-0.1, -0.05) is 24.3 Å². The van der Waals surface area contributed by atoms with E-state index in [4.69, 9.17) is 4.74 Å². The van der Waals surface area contributed by atoms with Gasteiger partial charge in [-0.15, -0.1) is 0 Å². The van der Waals surface area contributed by atoms with Crippen molar-refractivity contribution in [2.75, 3.05) is 12.4 Å². The Hall–Kier alpha value is -3.15. The van der Waals surface area contributed by atoms with E-state index in [1.54, 1.807) is 32.2 Å². The van der Waals surface area contributed by atoms with E-state index < -0.39 is 23.7 Å². The number of hydrogen-bond donors (Lipinski definition) is 2. The fourth-order valence-electron chi connectivity index (χ4n) is 2.26. The second-order valence-electron chi connectivity index (χ2n) is 5.76. The second-order valence-corrected chi connectivity index (χ2v) is 5.76. The van der Waals surface area contributed by atoms with E-state index in [-0.39, 0.29) is 5.69 Å². The number of anilines is 1. The summed E-state index contributed by atoms with van der Waals surface area (Å²) in [4.78, 5) is 24.2. The number of halogens is 1. The van der Waals surface area contributed by atoms with Gasteiger partial charge in [0.2, 0.25) is 11.8 Å². The van der Waals surface area contributed by atoms with Crippen molar-refractivity contribution in [3.8, 4) is 5.75 Å². The van der Waals surface area contributed by atoms with Gasteiger partial charge in [0.1, 0.15) is 17.6 Å². The molecule has 2 aromatic rings. The molecule has 136 valence electrons. The molecule has 0 aliphatic heterocycles. The lowest BCUT2D eigenvalue weighted by atomic mass is 10.1. The first-order chi connectivity index (χ1) is 12.4. The smallest absolute Gasteiger partial charge is 0.246 e. The molecular weight excluding hydrogens is 335 g/mol. The Bertz CT molecular complexity index is 816. The number of benzene rings is 2. The third-order valence-electron chi connectivity index (χ3n) is 3.78. The van der Waals surface area contributed by atoms with Crippen LogP contribution in [-0.4, -0.2) is 25.0 Å². The van der Waals surface area contributed by atoms with Gasteiger partial charge in [0.25, 0.3) is 0 Å². The number of ether oxygens (including phenoxy) is 1. The van der Waals surface area contributed by atoms with Gasteiger partial charge in [-0.05, 0) is 49.2 Å². The van der Waals surface area contributed by atoms with Crippen molar-refractivity contribution in [2.24, 2.45) is 0 Å². The van der Waals surface area contributed by atoms with E-state index in [2.05, 4.69) is 10.6 Å². The van der Waals surface area contributed by atoms with Gasteiger partial charge < -0.3 is 15.4 Å². The van der Waals surface area contributed by atoms with Crippen LogP contribution in [0.1, 0.15) is 19.4 Å². The molecule has 0 fully saturated rings. The minimum absolute atomic E-state index is 0.0727. The van der Waals surface area contributed by atoms with E-state index in [1.165, 1.54) is 31.2 Å². The summed E-state index contributed by atoms with van der Waals surface area (Å²) in [7, 11) is 1.58. The maximum absolute atomic E-state index is 13.6. The van der Waals surface area contributed by atoms with Crippen LogP contribution in [0, 0.1) is 5.82 Å². The normalized spacial score (nSPS) is 12.2. The van der Waals surface area contributed by atoms with Crippen molar-refractivity contribution in [3.05, 3.63) is 66.0 Å². The molecule has 0 radical (unpaired) electrons. The quantitative estimate of drug-likeness (QED) is 0.780. The molecule has 0 saturated heterocycles. The van der Waals surface area contributed by atoms with Crippen LogP contribution >= 0.6 is 0 Å². The van der Waals surface area contributed by atoms with E-state index in [1.807, 2.05) is 12.1 Å². The van der Waals surface area contributed by atoms with Gasteiger partial charge >= 0.3 is 0 Å². The van der Waals surface area contributed by atoms with Gasteiger partial charge in [0, 0.05) is 6.08 Å². The molecule has 2 aromatic carbocycles. The largest absolute Gasteiger partial charge is 0.497 e. The van der Waals surface area contributed by atoms with E-state index in [0.29, 0.717) is 0 Å². The van der Waals surface area contributed by atoms with Crippen LogP contribution in [0.25, 0.3) is 5.57 Å². The second kappa shape index (κ2) is 8.80. The van der Waals surface area contributed by atoms with Crippen LogP contribution in [0.4, 0.5) is 10.1 Å². The fraction of sp³-hybridized carbons (Fsp3) is 0.200. The summed E-state index contributed by atoms with van der Waals surface area (Å²) >= 11 is 0. The van der Waals surface area contributed by atoms with E-state index in [0.717, 1.165) is 16.9 Å². The monoisotopic (exact) mass is 356 g/mol. The van der Waals surface area contributed by atoms with Crippen molar-refractivity contribution in [2.45, 2.75) is 19.9 Å². The Morgan fingerprint density at radius 1 is 1.12 bits per heavy atom. The minimum Gasteiger partial charge on any atom is -0.497 e. The molecule has 0 aliphatic rings. The highest BCUT2D eigenvalue weighted by atomic mass is 19.1. The third kappa shape index (κ3) is 5.17. The Labute approximate surface area is 151 Å². The zero-order valence-corrected chi connectivity index (χ0v) is 14.9. The molecule has 0 bridgehead atoms. The number of hydrogen-bond acceptors (Lipinski definition) is 3. The fourth-order valence-corrected chi connectivity index (χ4v) is 2.26. The SMILES string of the molecule is COc1ccc(/C(C)=C/C(=O)NC(C)C(=O)Nc2ccccc2F)cc1. The van der Waals surface area contributed by atoms with Gasteiger partial charge in [0.15, 0.2) is 0 Å². The predicted molar refractivity (Wildman–Crippen MR) is 99.3 cm³/mol. The average molecular weight is 356 g/mol. The molecule has 2 rings (SSSR count). The van der Waals surface area contributed by atoms with E-state index in [9.17, 15) is 14.0 Å². The zero-order chi connectivity index (χ0) is 19.1. The number of para-hydroxylation sites is 1. The van der Waals surface area contributed by atoms with Crippen molar-refractivity contribution in [1.82, 2.24) is 5.32 Å². The van der Waals surface area contributed by atoms with Gasteiger partial charge in [-0.2, -0.15) is 0 Å². The summed E-state index contributed by atoms with van der Waals surface area (Å²) in [6, 6.07) is 12.3. The summed E-state index contributed by atoms with van der Waals surface area (Å²) in [6.45, 7) is 3.33. The van der Waals surface area contributed by atoms with Crippen LogP contribution in [0.2, 0.25) is 0 Å². The molecule has 0 spiro atoms. The summed E-state index contributed by atoms with van der Waals surface area (Å²) in [5.41, 5.74) is 1.68. The van der Waals surface area contributed by atoms with Crippen LogP contribution in [0.3, 0.4) is 0 Å². The molecule has 1 atom stereocenters. The summed E-state index contributed by atoms with van der Waals surface area (Å²) in [5.74, 6) is -0.715. The molecular formula is C20H21FN2O3. The molecule has 1 unspecified atom stereocenters. The van der Waals surface area contributed by atoms with Crippen molar-refractivity contribution in [3.63, 3.8) is 0 Å². The average Bonchev–Trinajstić information content (AvgIpc) is 2.63. The number of nitrogens with one attached hydrogen (secondary N) is 2. The highest BCUT2D eigenvalue weighted by Crippen LogP contribution is 2.18. The molecule has 6 heteroatoms. The Balaban J connectivity index is 1.96. The van der Waals surface area contributed by atoms with Crippen LogP contribution < -0.4 is 15.4 Å². The Morgan fingerprint density at radius 3 is 2.38 bits per heavy atom. The summed E-state index contributed by atoms with van der Waals surface area (Å²) < 4.78 is 18.7. The molecule has 0 heterocycles. The Kier molecular flexibility index (Phi) is 6.49. The molecule has 26 heavy (non-hydrogen) atoms. The highest BCUT2D eigenvalue weighted by Gasteiger charge is 2.16. The van der Waals surface area contributed by atoms with Crippen LogP contribution in [0.5, 0.6) is 5.75 Å². The number of amides is 2. The van der Waals surface area contributed by atoms with Crippen LogP contribution in [-0.2, 0) is 9.59 Å². The topological polar surface area (TPSA) is 67.4 Å². The molecule has 0 aliphatic carbocycles. The molecule has 0 saturated carbocycles. The molecule has 2 amide bonds. The van der Waals surface area contributed by atoms with E-state index >= 15 is 0 Å². The molecule has 0 aromatic heterocycles. The number of allylic oxidation sites excluding steroid dienone is 1. The summed E-state index contributed by atoms with van der Waals surface area (Å²) in [5, 5.41) is 5.02. The third-order valence-corrected chi connectivity index (χ3v) is 3.78. The first-order valence-corrected chi connectivity index (χ1v) is 8.09. The standard InChI is InChI=1S/C20H21FN2O3/c1-13(15-8-10-16(26-3)11-9-15)12-19(24)22-14(2)20(25)23-18-7-5-4-6-17(18)21/h4-12,14H,1-3H3,(H,22,24)(H,23,25)/b13-12+. The van der Waals surface area contributed by atoms with Crippen molar-refractivity contribution >= 4 is 23.1 Å². The number of carbonyl (C=O) groups is 2. The lowest BCUT2D eigenvalue weighted by molar-refractivity contribution is -0.123. The van der Waals surface area contributed by atoms with Crippen molar-refractivity contribution in [1.29, 1.82) is 0 Å². The minimum atomic E-state index is -0.818. The first-order valence-electron chi connectivity index (χ1n) is 8.09. The zero-order valence-electron chi connectivity index (χ0n) is 14.9. The predicted octanol–water partition coefficient (Wildman–Crippen LogP) is 3.38.